The summed E-state index contributed by atoms with van der Waals surface area (Å²) >= 11 is 0. The summed E-state index contributed by atoms with van der Waals surface area (Å²) in [7, 11) is 0. The van der Waals surface area contributed by atoms with Crippen LogP contribution in [0.1, 0.15) is 78.3 Å². The minimum atomic E-state index is -0.257. The van der Waals surface area contributed by atoms with E-state index in [1.165, 1.54) is 30.3 Å². The lowest BCUT2D eigenvalue weighted by atomic mass is 10.0. The summed E-state index contributed by atoms with van der Waals surface area (Å²) < 4.78 is 3.02. The number of hydrogen-bond acceptors (Lipinski definition) is 4. The van der Waals surface area contributed by atoms with Gasteiger partial charge < -0.3 is 9.80 Å². The van der Waals surface area contributed by atoms with E-state index >= 15 is 0 Å². The quantitative estimate of drug-likeness (QED) is 0.731. The van der Waals surface area contributed by atoms with Gasteiger partial charge in [-0.3, -0.25) is 18.7 Å². The fourth-order valence-corrected chi connectivity index (χ4v) is 4.73. The molecule has 0 bridgehead atoms. The second-order valence-electron chi connectivity index (χ2n) is 9.11. The van der Waals surface area contributed by atoms with Gasteiger partial charge in [0.1, 0.15) is 5.82 Å². The monoisotopic (exact) mass is 404 g/mol. The zero-order valence-corrected chi connectivity index (χ0v) is 18.4. The molecule has 7 heteroatoms. The van der Waals surface area contributed by atoms with Crippen molar-refractivity contribution in [2.45, 2.75) is 78.3 Å². The standard InChI is InChI=1S/C22H36N4O3/c1-16(2)25-19(15-21(28)26(17(3)4)22(25)29)23-11-13-24(14-12-23)20(27)10-9-18-7-5-6-8-18/h15-18H,5-14H2,1-4H3. The molecule has 0 aromatic carbocycles. The van der Waals surface area contributed by atoms with Gasteiger partial charge in [0, 0.05) is 50.7 Å². The topological polar surface area (TPSA) is 67.5 Å². The average Bonchev–Trinajstić information content (AvgIpc) is 3.18. The first kappa shape index (κ1) is 21.7. The van der Waals surface area contributed by atoms with Gasteiger partial charge in [-0.25, -0.2) is 4.79 Å². The predicted octanol–water partition coefficient (Wildman–Crippen LogP) is 2.79. The van der Waals surface area contributed by atoms with Crippen LogP contribution in [0.3, 0.4) is 0 Å². The lowest BCUT2D eigenvalue weighted by Crippen LogP contribution is -2.51. The maximum absolute atomic E-state index is 13.0. The normalized spacial score (nSPS) is 18.3. The molecule has 0 N–H and O–H groups in total. The number of amides is 1. The molecule has 0 atom stereocenters. The van der Waals surface area contributed by atoms with E-state index < -0.39 is 0 Å². The molecule has 0 unspecified atom stereocenters. The molecule has 1 aliphatic heterocycles. The molecule has 29 heavy (non-hydrogen) atoms. The largest absolute Gasteiger partial charge is 0.354 e. The minimum absolute atomic E-state index is 0.0471. The number of piperazine rings is 1. The van der Waals surface area contributed by atoms with Crippen molar-refractivity contribution in [1.82, 2.24) is 14.0 Å². The Bertz CT molecular complexity index is 825. The van der Waals surface area contributed by atoms with Gasteiger partial charge in [0.05, 0.1) is 0 Å². The van der Waals surface area contributed by atoms with Crippen LogP contribution in [0.5, 0.6) is 0 Å². The van der Waals surface area contributed by atoms with E-state index in [2.05, 4.69) is 4.90 Å². The van der Waals surface area contributed by atoms with Crippen LogP contribution < -0.4 is 16.1 Å². The van der Waals surface area contributed by atoms with E-state index in [4.69, 9.17) is 0 Å². The maximum Gasteiger partial charge on any atom is 0.333 e. The van der Waals surface area contributed by atoms with Crippen LogP contribution in [-0.4, -0.2) is 46.1 Å². The van der Waals surface area contributed by atoms with E-state index in [1.807, 2.05) is 32.6 Å². The molecule has 1 saturated heterocycles. The smallest absolute Gasteiger partial charge is 0.333 e. The molecule has 2 heterocycles. The highest BCUT2D eigenvalue weighted by Gasteiger charge is 2.26. The van der Waals surface area contributed by atoms with E-state index in [0.717, 1.165) is 12.3 Å². The van der Waals surface area contributed by atoms with Gasteiger partial charge in [-0.2, -0.15) is 0 Å². The van der Waals surface area contributed by atoms with Gasteiger partial charge in [0.2, 0.25) is 5.91 Å². The molecule has 0 spiro atoms. The van der Waals surface area contributed by atoms with Crippen molar-refractivity contribution < 1.29 is 4.79 Å². The molecule has 1 saturated carbocycles. The van der Waals surface area contributed by atoms with Gasteiger partial charge in [-0.1, -0.05) is 25.7 Å². The third-order valence-electron chi connectivity index (χ3n) is 6.38. The summed E-state index contributed by atoms with van der Waals surface area (Å²) in [5.74, 6) is 1.64. The number of aromatic nitrogens is 2. The number of carbonyl (C=O) groups excluding carboxylic acids is 1. The third kappa shape index (κ3) is 4.75. The predicted molar refractivity (Wildman–Crippen MR) is 116 cm³/mol. The molecular weight excluding hydrogens is 368 g/mol. The number of nitrogens with zero attached hydrogens (tertiary/aromatic N) is 4. The van der Waals surface area contributed by atoms with Crippen LogP contribution in [0.2, 0.25) is 0 Å². The van der Waals surface area contributed by atoms with Gasteiger partial charge >= 0.3 is 5.69 Å². The van der Waals surface area contributed by atoms with E-state index in [9.17, 15) is 14.4 Å². The Morgan fingerprint density at radius 3 is 2.10 bits per heavy atom. The van der Waals surface area contributed by atoms with E-state index in [1.54, 1.807) is 10.6 Å². The van der Waals surface area contributed by atoms with Gasteiger partial charge in [-0.05, 0) is 40.0 Å². The van der Waals surface area contributed by atoms with Gasteiger partial charge in [-0.15, -0.1) is 0 Å². The van der Waals surface area contributed by atoms with E-state index in [-0.39, 0.29) is 29.2 Å². The Labute approximate surface area is 173 Å². The van der Waals surface area contributed by atoms with Crippen LogP contribution in [0.15, 0.2) is 15.7 Å². The zero-order chi connectivity index (χ0) is 21.1. The lowest BCUT2D eigenvalue weighted by molar-refractivity contribution is -0.131. The Kier molecular flexibility index (Phi) is 6.85. The van der Waals surface area contributed by atoms with Crippen molar-refractivity contribution in [1.29, 1.82) is 0 Å². The molecule has 2 aliphatic rings. The molecular formula is C22H36N4O3. The second-order valence-corrected chi connectivity index (χ2v) is 9.11. The average molecular weight is 405 g/mol. The molecule has 0 radical (unpaired) electrons. The molecule has 7 nitrogen and oxygen atoms in total. The Morgan fingerprint density at radius 1 is 0.966 bits per heavy atom. The molecule has 1 aliphatic carbocycles. The van der Waals surface area contributed by atoms with Crippen LogP contribution in [0.25, 0.3) is 0 Å². The van der Waals surface area contributed by atoms with E-state index in [0.29, 0.717) is 38.4 Å². The molecule has 1 amide bonds. The Morgan fingerprint density at radius 2 is 1.55 bits per heavy atom. The highest BCUT2D eigenvalue weighted by Crippen LogP contribution is 2.29. The Balaban J connectivity index is 1.69. The van der Waals surface area contributed by atoms with Crippen molar-refractivity contribution in [2.75, 3.05) is 31.1 Å². The SMILES string of the molecule is CC(C)n1c(N2CCN(C(=O)CCC3CCCC3)CC2)cc(=O)n(C(C)C)c1=O. The van der Waals surface area contributed by atoms with Crippen LogP contribution in [0.4, 0.5) is 5.82 Å². The molecule has 1 aromatic heterocycles. The first-order chi connectivity index (χ1) is 13.8. The van der Waals surface area contributed by atoms with Crippen molar-refractivity contribution in [2.24, 2.45) is 5.92 Å². The van der Waals surface area contributed by atoms with Crippen molar-refractivity contribution in [3.63, 3.8) is 0 Å². The second kappa shape index (κ2) is 9.18. The molecule has 2 fully saturated rings. The van der Waals surface area contributed by atoms with Crippen molar-refractivity contribution in [3.05, 3.63) is 26.9 Å². The van der Waals surface area contributed by atoms with Gasteiger partial charge in [0.15, 0.2) is 0 Å². The van der Waals surface area contributed by atoms with Crippen molar-refractivity contribution >= 4 is 11.7 Å². The summed E-state index contributed by atoms with van der Waals surface area (Å²) in [5, 5.41) is 0. The first-order valence-electron chi connectivity index (χ1n) is 11.2. The van der Waals surface area contributed by atoms with Crippen LogP contribution >= 0.6 is 0 Å². The molecule has 3 rings (SSSR count). The fraction of sp³-hybridized carbons (Fsp3) is 0.773. The molecule has 1 aromatic rings. The summed E-state index contributed by atoms with van der Waals surface area (Å²) in [4.78, 5) is 42.1. The van der Waals surface area contributed by atoms with Gasteiger partial charge in [0.25, 0.3) is 5.56 Å². The van der Waals surface area contributed by atoms with Crippen LogP contribution in [-0.2, 0) is 4.79 Å². The number of carbonyl (C=O) groups is 1. The number of hydrogen-bond donors (Lipinski definition) is 0. The summed E-state index contributed by atoms with van der Waals surface area (Å²) in [5.41, 5.74) is -0.514. The zero-order valence-electron chi connectivity index (χ0n) is 18.4. The number of anilines is 1. The highest BCUT2D eigenvalue weighted by atomic mass is 16.2. The summed E-state index contributed by atoms with van der Waals surface area (Å²) in [6, 6.07) is 1.36. The highest BCUT2D eigenvalue weighted by molar-refractivity contribution is 5.76. The number of rotatable bonds is 6. The maximum atomic E-state index is 13.0. The third-order valence-corrected chi connectivity index (χ3v) is 6.38. The van der Waals surface area contributed by atoms with Crippen molar-refractivity contribution in [3.8, 4) is 0 Å². The first-order valence-corrected chi connectivity index (χ1v) is 11.2. The van der Waals surface area contributed by atoms with Crippen LogP contribution in [0, 0.1) is 5.92 Å². The summed E-state index contributed by atoms with van der Waals surface area (Å²) in [6.07, 6.45) is 6.83. The molecule has 162 valence electrons. The fourth-order valence-electron chi connectivity index (χ4n) is 4.73. The minimum Gasteiger partial charge on any atom is -0.354 e. The lowest BCUT2D eigenvalue weighted by Gasteiger charge is -2.37. The Hall–Kier alpha value is -2.05. The summed E-state index contributed by atoms with van der Waals surface area (Å²) in [6.45, 7) is 10.2.